The molecule has 7 nitrogen and oxygen atoms in total. The van der Waals surface area contributed by atoms with E-state index in [1.54, 1.807) is 0 Å². The van der Waals surface area contributed by atoms with E-state index in [1.165, 1.54) is 11.3 Å². The fourth-order valence-electron chi connectivity index (χ4n) is 4.29. The maximum atomic E-state index is 12.8. The summed E-state index contributed by atoms with van der Waals surface area (Å²) in [7, 11) is 0. The maximum absolute atomic E-state index is 12.8. The van der Waals surface area contributed by atoms with Gasteiger partial charge in [0.2, 0.25) is 11.9 Å². The van der Waals surface area contributed by atoms with Gasteiger partial charge in [-0.25, -0.2) is 4.98 Å². The number of likely N-dealkylation sites (N-methyl/N-ethyl adjacent to an activating group) is 1. The molecule has 0 bridgehead atoms. The largest absolute Gasteiger partial charge is 0.355 e. The zero-order valence-corrected chi connectivity index (χ0v) is 19.6. The molecule has 1 saturated heterocycles. The molecule has 4 rings (SSSR count). The normalized spacial score (nSPS) is 16.6. The summed E-state index contributed by atoms with van der Waals surface area (Å²) in [6.45, 7) is 9.10. The Labute approximate surface area is 192 Å². The first-order valence-electron chi connectivity index (χ1n) is 11.4. The van der Waals surface area contributed by atoms with Crippen LogP contribution in [-0.2, 0) is 4.79 Å². The van der Waals surface area contributed by atoms with E-state index in [0.717, 1.165) is 55.7 Å². The molecule has 1 aliphatic rings. The Morgan fingerprint density at radius 2 is 2.06 bits per heavy atom. The molecule has 1 atom stereocenters. The predicted molar refractivity (Wildman–Crippen MR) is 131 cm³/mol. The van der Waals surface area contributed by atoms with Crippen LogP contribution in [0.2, 0.25) is 0 Å². The van der Waals surface area contributed by atoms with Gasteiger partial charge in [-0.3, -0.25) is 14.6 Å². The lowest BCUT2D eigenvalue weighted by atomic mass is 9.97. The highest BCUT2D eigenvalue weighted by molar-refractivity contribution is 7.17. The van der Waals surface area contributed by atoms with E-state index in [4.69, 9.17) is 4.98 Å². The fourth-order valence-corrected chi connectivity index (χ4v) is 5.20. The number of hydrogen-bond donors (Lipinski definition) is 2. The number of aromatic nitrogens is 2. The molecule has 1 aliphatic heterocycles. The number of fused-ring (bicyclic) bond motifs is 1. The zero-order chi connectivity index (χ0) is 22.5. The number of nitrogens with zero attached hydrogens (tertiary/aromatic N) is 3. The number of nitrogens with one attached hydrogen (secondary N) is 2. The summed E-state index contributed by atoms with van der Waals surface area (Å²) in [5.74, 6) is 0.544. The summed E-state index contributed by atoms with van der Waals surface area (Å²) in [5.41, 5.74) is 2.63. The summed E-state index contributed by atoms with van der Waals surface area (Å²) >= 11 is 1.42. The Hall–Kier alpha value is -2.71. The number of H-pyrrole nitrogens is 1. The number of anilines is 1. The molecule has 0 aliphatic carbocycles. The minimum Gasteiger partial charge on any atom is -0.355 e. The summed E-state index contributed by atoms with van der Waals surface area (Å²) in [6.07, 6.45) is 1.75. The first-order valence-corrected chi connectivity index (χ1v) is 12.3. The van der Waals surface area contributed by atoms with Gasteiger partial charge in [-0.1, -0.05) is 44.2 Å². The van der Waals surface area contributed by atoms with E-state index in [-0.39, 0.29) is 17.4 Å². The lowest BCUT2D eigenvalue weighted by Gasteiger charge is -2.32. The second kappa shape index (κ2) is 10.3. The third-order valence-electron chi connectivity index (χ3n) is 6.21. The van der Waals surface area contributed by atoms with Gasteiger partial charge in [-0.15, -0.1) is 11.3 Å². The number of hydrogen-bond acceptors (Lipinski definition) is 6. The molecular formula is C24H31N5O2S. The predicted octanol–water partition coefficient (Wildman–Crippen LogP) is 3.33. The number of carbonyl (C=O) groups is 1. The van der Waals surface area contributed by atoms with E-state index in [2.05, 4.69) is 29.0 Å². The molecule has 1 aromatic carbocycles. The SMILES string of the molecule is CCN(CC)CCNC(=O)[C@@H]1CCCN(c2nc3c(-c4ccccc4)csc3c(=O)[nH]2)C1. The summed E-state index contributed by atoms with van der Waals surface area (Å²) in [5, 5.41) is 5.09. The standard InChI is InChI=1S/C24H31N5O2S/c1-3-28(4-2)14-12-25-22(30)18-11-8-13-29(15-18)24-26-20-19(17-9-6-5-7-10-17)16-32-21(20)23(31)27-24/h5-7,9-10,16,18H,3-4,8,11-15H2,1-2H3,(H,25,30)(H,26,27,31)/t18-/m1/s1. The monoisotopic (exact) mass is 453 g/mol. The van der Waals surface area contributed by atoms with Crippen molar-refractivity contribution in [3.8, 4) is 11.1 Å². The number of aromatic amines is 1. The maximum Gasteiger partial charge on any atom is 0.270 e. The van der Waals surface area contributed by atoms with Crippen LogP contribution in [0.15, 0.2) is 40.5 Å². The van der Waals surface area contributed by atoms with Crippen LogP contribution in [0.25, 0.3) is 21.3 Å². The zero-order valence-electron chi connectivity index (χ0n) is 18.8. The summed E-state index contributed by atoms with van der Waals surface area (Å²) in [4.78, 5) is 37.7. The van der Waals surface area contributed by atoms with Gasteiger partial charge in [-0.05, 0) is 31.5 Å². The van der Waals surface area contributed by atoms with Crippen LogP contribution in [-0.4, -0.2) is 60.0 Å². The van der Waals surface area contributed by atoms with Gasteiger partial charge in [0, 0.05) is 37.1 Å². The van der Waals surface area contributed by atoms with Gasteiger partial charge >= 0.3 is 0 Å². The van der Waals surface area contributed by atoms with Crippen molar-refractivity contribution < 1.29 is 4.79 Å². The lowest BCUT2D eigenvalue weighted by molar-refractivity contribution is -0.125. The second-order valence-corrected chi connectivity index (χ2v) is 9.07. The molecule has 1 fully saturated rings. The average molecular weight is 454 g/mol. The number of benzene rings is 1. The third-order valence-corrected chi connectivity index (χ3v) is 7.18. The quantitative estimate of drug-likeness (QED) is 0.547. The van der Waals surface area contributed by atoms with Crippen molar-refractivity contribution in [2.24, 2.45) is 5.92 Å². The molecule has 0 radical (unpaired) electrons. The fraction of sp³-hybridized carbons (Fsp3) is 0.458. The highest BCUT2D eigenvalue weighted by atomic mass is 32.1. The molecular weight excluding hydrogens is 422 g/mol. The van der Waals surface area contributed by atoms with E-state index >= 15 is 0 Å². The molecule has 3 heterocycles. The smallest absolute Gasteiger partial charge is 0.270 e. The molecule has 2 aromatic heterocycles. The van der Waals surface area contributed by atoms with Gasteiger partial charge < -0.3 is 15.1 Å². The molecule has 170 valence electrons. The Morgan fingerprint density at radius 3 is 2.81 bits per heavy atom. The van der Waals surface area contributed by atoms with Crippen molar-refractivity contribution in [2.75, 3.05) is 44.2 Å². The minimum absolute atomic E-state index is 0.0887. The van der Waals surface area contributed by atoms with E-state index < -0.39 is 0 Å². The van der Waals surface area contributed by atoms with Crippen LogP contribution >= 0.6 is 11.3 Å². The van der Waals surface area contributed by atoms with Gasteiger partial charge in [0.15, 0.2) is 0 Å². The number of carbonyl (C=O) groups excluding carboxylic acids is 1. The lowest BCUT2D eigenvalue weighted by Crippen LogP contribution is -2.45. The Balaban J connectivity index is 1.50. The molecule has 0 spiro atoms. The van der Waals surface area contributed by atoms with Crippen LogP contribution in [0.4, 0.5) is 5.95 Å². The van der Waals surface area contributed by atoms with Crippen molar-refractivity contribution in [1.82, 2.24) is 20.2 Å². The topological polar surface area (TPSA) is 81.3 Å². The number of amides is 1. The molecule has 3 aromatic rings. The van der Waals surface area contributed by atoms with Crippen molar-refractivity contribution in [2.45, 2.75) is 26.7 Å². The molecule has 2 N–H and O–H groups in total. The van der Waals surface area contributed by atoms with Crippen LogP contribution in [0, 0.1) is 5.92 Å². The summed E-state index contributed by atoms with van der Waals surface area (Å²) < 4.78 is 0.635. The average Bonchev–Trinajstić information content (AvgIpc) is 3.27. The molecule has 0 saturated carbocycles. The van der Waals surface area contributed by atoms with Crippen LogP contribution in [0.1, 0.15) is 26.7 Å². The van der Waals surface area contributed by atoms with Crippen molar-refractivity contribution in [3.05, 3.63) is 46.1 Å². The van der Waals surface area contributed by atoms with Crippen molar-refractivity contribution in [3.63, 3.8) is 0 Å². The molecule has 8 heteroatoms. The van der Waals surface area contributed by atoms with Gasteiger partial charge in [0.25, 0.3) is 5.56 Å². The number of piperidine rings is 1. The van der Waals surface area contributed by atoms with E-state index in [1.807, 2.05) is 40.6 Å². The molecule has 0 unspecified atom stereocenters. The van der Waals surface area contributed by atoms with Gasteiger partial charge in [0.05, 0.1) is 11.4 Å². The highest BCUT2D eigenvalue weighted by Gasteiger charge is 2.27. The number of thiophene rings is 1. The Morgan fingerprint density at radius 1 is 1.28 bits per heavy atom. The Bertz CT molecular complexity index is 1110. The Kier molecular flexibility index (Phi) is 7.22. The third kappa shape index (κ3) is 4.86. The second-order valence-electron chi connectivity index (χ2n) is 8.19. The van der Waals surface area contributed by atoms with Gasteiger partial charge in [0.1, 0.15) is 4.70 Å². The summed E-state index contributed by atoms with van der Waals surface area (Å²) in [6, 6.07) is 10.0. The van der Waals surface area contributed by atoms with Crippen LogP contribution in [0.5, 0.6) is 0 Å². The molecule has 1 amide bonds. The first-order chi connectivity index (χ1) is 15.6. The van der Waals surface area contributed by atoms with Crippen molar-refractivity contribution in [1.29, 1.82) is 0 Å². The van der Waals surface area contributed by atoms with E-state index in [0.29, 0.717) is 23.7 Å². The van der Waals surface area contributed by atoms with Crippen LogP contribution in [0.3, 0.4) is 0 Å². The van der Waals surface area contributed by atoms with Gasteiger partial charge in [-0.2, -0.15) is 0 Å². The first kappa shape index (κ1) is 22.5. The van der Waals surface area contributed by atoms with Crippen molar-refractivity contribution >= 4 is 33.4 Å². The van der Waals surface area contributed by atoms with E-state index in [9.17, 15) is 9.59 Å². The molecule has 32 heavy (non-hydrogen) atoms. The van der Waals surface area contributed by atoms with Crippen LogP contribution < -0.4 is 15.8 Å². The highest BCUT2D eigenvalue weighted by Crippen LogP contribution is 2.32. The number of rotatable bonds is 8. The minimum atomic E-state index is -0.122.